The lowest BCUT2D eigenvalue weighted by atomic mass is 9.87. The van der Waals surface area contributed by atoms with E-state index in [1.54, 1.807) is 0 Å². The molecule has 1 aromatic carbocycles. The Morgan fingerprint density at radius 3 is 2.69 bits per heavy atom. The standard InChI is InChI=1S/C21H30N2O3/c1-3-4-20(24)22-18-9-10-19-15(12-18)11-16(13-26-19)21(25)23-17-7-5-14(2)6-8-17/h9-10,12,14,16-17H,3-8,11,13H2,1-2H3,(H,22,24)(H,23,25)/t14?,16-,17?/m0/s1. The number of benzene rings is 1. The summed E-state index contributed by atoms with van der Waals surface area (Å²) >= 11 is 0. The maximum absolute atomic E-state index is 12.6. The lowest BCUT2D eigenvalue weighted by Gasteiger charge is -2.30. The lowest BCUT2D eigenvalue weighted by molar-refractivity contribution is -0.127. The minimum atomic E-state index is -0.163. The van der Waals surface area contributed by atoms with Crippen LogP contribution in [0.15, 0.2) is 18.2 Å². The second-order valence-corrected chi connectivity index (χ2v) is 7.80. The van der Waals surface area contributed by atoms with Crippen LogP contribution >= 0.6 is 0 Å². The largest absolute Gasteiger partial charge is 0.492 e. The third kappa shape index (κ3) is 4.77. The molecule has 2 aliphatic rings. The van der Waals surface area contributed by atoms with Crippen molar-refractivity contribution >= 4 is 17.5 Å². The number of fused-ring (bicyclic) bond motifs is 1. The normalized spacial score (nSPS) is 24.9. The summed E-state index contributed by atoms with van der Waals surface area (Å²) in [6.45, 7) is 4.68. The van der Waals surface area contributed by atoms with Crippen LogP contribution in [-0.4, -0.2) is 24.5 Å². The van der Waals surface area contributed by atoms with E-state index >= 15 is 0 Å². The average Bonchev–Trinajstić information content (AvgIpc) is 2.63. The van der Waals surface area contributed by atoms with Gasteiger partial charge in [0.25, 0.3) is 0 Å². The molecule has 1 atom stereocenters. The molecule has 1 aliphatic carbocycles. The highest BCUT2D eigenvalue weighted by atomic mass is 16.5. The van der Waals surface area contributed by atoms with E-state index in [2.05, 4.69) is 17.6 Å². The topological polar surface area (TPSA) is 67.4 Å². The Hall–Kier alpha value is -2.04. The van der Waals surface area contributed by atoms with E-state index in [0.717, 1.165) is 42.2 Å². The highest BCUT2D eigenvalue weighted by molar-refractivity contribution is 5.91. The molecule has 1 aromatic rings. The van der Waals surface area contributed by atoms with E-state index in [9.17, 15) is 9.59 Å². The van der Waals surface area contributed by atoms with Crippen molar-refractivity contribution in [1.29, 1.82) is 0 Å². The Labute approximate surface area is 155 Å². The zero-order valence-electron chi connectivity index (χ0n) is 15.8. The van der Waals surface area contributed by atoms with E-state index in [4.69, 9.17) is 4.74 Å². The predicted molar refractivity (Wildman–Crippen MR) is 102 cm³/mol. The summed E-state index contributed by atoms with van der Waals surface area (Å²) in [7, 11) is 0. The quantitative estimate of drug-likeness (QED) is 0.844. The first-order chi connectivity index (χ1) is 12.5. The summed E-state index contributed by atoms with van der Waals surface area (Å²) in [5.74, 6) is 1.53. The van der Waals surface area contributed by atoms with Gasteiger partial charge in [-0.3, -0.25) is 9.59 Å². The van der Waals surface area contributed by atoms with Crippen LogP contribution in [0.25, 0.3) is 0 Å². The first-order valence-corrected chi connectivity index (χ1v) is 9.91. The molecule has 0 unspecified atom stereocenters. The van der Waals surface area contributed by atoms with E-state index < -0.39 is 0 Å². The van der Waals surface area contributed by atoms with Crippen LogP contribution in [-0.2, 0) is 16.0 Å². The first kappa shape index (κ1) is 18.7. The Morgan fingerprint density at radius 1 is 1.19 bits per heavy atom. The van der Waals surface area contributed by atoms with Gasteiger partial charge in [0, 0.05) is 18.2 Å². The van der Waals surface area contributed by atoms with Gasteiger partial charge in [-0.1, -0.05) is 13.8 Å². The minimum Gasteiger partial charge on any atom is -0.492 e. The molecule has 1 fully saturated rings. The molecule has 5 heteroatoms. The van der Waals surface area contributed by atoms with Crippen LogP contribution in [0.5, 0.6) is 5.75 Å². The number of rotatable bonds is 5. The van der Waals surface area contributed by atoms with E-state index in [1.165, 1.54) is 12.8 Å². The van der Waals surface area contributed by atoms with Crippen molar-refractivity contribution in [1.82, 2.24) is 5.32 Å². The molecule has 1 heterocycles. The van der Waals surface area contributed by atoms with Crippen LogP contribution in [0.1, 0.15) is 57.9 Å². The van der Waals surface area contributed by atoms with Gasteiger partial charge in [0.2, 0.25) is 11.8 Å². The fourth-order valence-electron chi connectivity index (χ4n) is 3.81. The maximum Gasteiger partial charge on any atom is 0.227 e. The second-order valence-electron chi connectivity index (χ2n) is 7.80. The Kier molecular flexibility index (Phi) is 6.17. The second kappa shape index (κ2) is 8.56. The zero-order valence-corrected chi connectivity index (χ0v) is 15.8. The Balaban J connectivity index is 1.59. The summed E-state index contributed by atoms with van der Waals surface area (Å²) in [5, 5.41) is 6.13. The van der Waals surface area contributed by atoms with Crippen LogP contribution < -0.4 is 15.4 Å². The van der Waals surface area contributed by atoms with E-state index in [1.807, 2.05) is 25.1 Å². The molecule has 0 spiro atoms. The van der Waals surface area contributed by atoms with E-state index in [-0.39, 0.29) is 17.7 Å². The monoisotopic (exact) mass is 358 g/mol. The van der Waals surface area contributed by atoms with Gasteiger partial charge in [-0.25, -0.2) is 0 Å². The third-order valence-electron chi connectivity index (χ3n) is 5.46. The lowest BCUT2D eigenvalue weighted by Crippen LogP contribution is -2.43. The molecule has 0 saturated heterocycles. The van der Waals surface area contributed by atoms with Gasteiger partial charge in [-0.05, 0) is 68.2 Å². The SMILES string of the molecule is CCCC(=O)Nc1ccc2c(c1)C[C@H](C(=O)NC1CCC(C)CC1)CO2. The number of carbonyl (C=O) groups excluding carboxylic acids is 2. The molecule has 26 heavy (non-hydrogen) atoms. The van der Waals surface area contributed by atoms with Crippen molar-refractivity contribution < 1.29 is 14.3 Å². The summed E-state index contributed by atoms with van der Waals surface area (Å²) in [4.78, 5) is 24.4. The molecule has 1 aliphatic heterocycles. The highest BCUT2D eigenvalue weighted by Crippen LogP contribution is 2.30. The van der Waals surface area contributed by atoms with Gasteiger partial charge in [-0.15, -0.1) is 0 Å². The Bertz CT molecular complexity index is 651. The smallest absolute Gasteiger partial charge is 0.227 e. The fraction of sp³-hybridized carbons (Fsp3) is 0.619. The molecule has 5 nitrogen and oxygen atoms in total. The molecular formula is C21H30N2O3. The molecule has 0 radical (unpaired) electrons. The van der Waals surface area contributed by atoms with Crippen molar-refractivity contribution in [3.63, 3.8) is 0 Å². The van der Waals surface area contributed by atoms with Gasteiger partial charge >= 0.3 is 0 Å². The maximum atomic E-state index is 12.6. The number of anilines is 1. The van der Waals surface area contributed by atoms with Crippen LogP contribution in [0.2, 0.25) is 0 Å². The first-order valence-electron chi connectivity index (χ1n) is 9.91. The molecule has 142 valence electrons. The van der Waals surface area contributed by atoms with Crippen molar-refractivity contribution in [2.45, 2.75) is 64.8 Å². The van der Waals surface area contributed by atoms with Crippen LogP contribution in [0, 0.1) is 11.8 Å². The number of nitrogens with one attached hydrogen (secondary N) is 2. The average molecular weight is 358 g/mol. The third-order valence-corrected chi connectivity index (χ3v) is 5.46. The molecule has 0 aromatic heterocycles. The van der Waals surface area contributed by atoms with E-state index in [0.29, 0.717) is 25.5 Å². The summed E-state index contributed by atoms with van der Waals surface area (Å²) in [6.07, 6.45) is 6.52. The number of carbonyl (C=O) groups is 2. The van der Waals surface area contributed by atoms with Crippen LogP contribution in [0.4, 0.5) is 5.69 Å². The summed E-state index contributed by atoms with van der Waals surface area (Å²) < 4.78 is 5.80. The highest BCUT2D eigenvalue weighted by Gasteiger charge is 2.28. The molecule has 2 amide bonds. The summed E-state index contributed by atoms with van der Waals surface area (Å²) in [6, 6.07) is 5.98. The fourth-order valence-corrected chi connectivity index (χ4v) is 3.81. The molecule has 2 N–H and O–H groups in total. The zero-order chi connectivity index (χ0) is 18.5. The van der Waals surface area contributed by atoms with Gasteiger partial charge in [0.15, 0.2) is 0 Å². The van der Waals surface area contributed by atoms with Crippen molar-refractivity contribution in [2.24, 2.45) is 11.8 Å². The number of ether oxygens (including phenoxy) is 1. The summed E-state index contributed by atoms with van der Waals surface area (Å²) in [5.41, 5.74) is 1.76. The molecule has 1 saturated carbocycles. The molecular weight excluding hydrogens is 328 g/mol. The van der Waals surface area contributed by atoms with Crippen LogP contribution in [0.3, 0.4) is 0 Å². The predicted octanol–water partition coefficient (Wildman–Crippen LogP) is 3.67. The van der Waals surface area contributed by atoms with Gasteiger partial charge in [-0.2, -0.15) is 0 Å². The number of hydrogen-bond acceptors (Lipinski definition) is 3. The van der Waals surface area contributed by atoms with Gasteiger partial charge in [0.05, 0.1) is 5.92 Å². The minimum absolute atomic E-state index is 0.0185. The van der Waals surface area contributed by atoms with Gasteiger partial charge in [0.1, 0.15) is 12.4 Å². The van der Waals surface area contributed by atoms with Crippen molar-refractivity contribution in [3.05, 3.63) is 23.8 Å². The van der Waals surface area contributed by atoms with Gasteiger partial charge < -0.3 is 15.4 Å². The van der Waals surface area contributed by atoms with Crippen molar-refractivity contribution in [3.8, 4) is 5.75 Å². The Morgan fingerprint density at radius 2 is 1.96 bits per heavy atom. The molecule has 3 rings (SSSR count). The number of hydrogen-bond donors (Lipinski definition) is 2. The van der Waals surface area contributed by atoms with Crippen molar-refractivity contribution in [2.75, 3.05) is 11.9 Å². The number of amides is 2. The molecule has 0 bridgehead atoms.